The van der Waals surface area contributed by atoms with Gasteiger partial charge in [-0.25, -0.2) is 9.37 Å². The lowest BCUT2D eigenvalue weighted by Gasteiger charge is -2.09. The van der Waals surface area contributed by atoms with E-state index < -0.39 is 0 Å². The molecule has 0 aliphatic rings. The highest BCUT2D eigenvalue weighted by molar-refractivity contribution is 5.75. The Labute approximate surface area is 116 Å². The van der Waals surface area contributed by atoms with Crippen molar-refractivity contribution in [3.05, 3.63) is 59.7 Å². The summed E-state index contributed by atoms with van der Waals surface area (Å²) in [7, 11) is 1.65. The predicted octanol–water partition coefficient (Wildman–Crippen LogP) is 3.86. The quantitative estimate of drug-likeness (QED) is 0.784. The van der Waals surface area contributed by atoms with Gasteiger partial charge in [-0.15, -0.1) is 0 Å². The van der Waals surface area contributed by atoms with Crippen molar-refractivity contribution in [1.82, 2.24) is 9.97 Å². The van der Waals surface area contributed by atoms with Crippen LogP contribution >= 0.6 is 0 Å². The molecule has 2 aromatic carbocycles. The summed E-state index contributed by atoms with van der Waals surface area (Å²) in [6.07, 6.45) is 0. The summed E-state index contributed by atoms with van der Waals surface area (Å²) in [5.41, 5.74) is 2.63. The molecule has 0 aliphatic carbocycles. The summed E-state index contributed by atoms with van der Waals surface area (Å²) < 4.78 is 18.3. The fourth-order valence-corrected chi connectivity index (χ4v) is 2.25. The number of methoxy groups -OCH3 is 1. The second kappa shape index (κ2) is 4.96. The lowest BCUT2D eigenvalue weighted by Crippen LogP contribution is -1.98. The van der Waals surface area contributed by atoms with Crippen LogP contribution in [0, 0.1) is 5.82 Å². The van der Waals surface area contributed by atoms with Crippen molar-refractivity contribution in [3.8, 4) is 5.75 Å². The zero-order valence-corrected chi connectivity index (χ0v) is 11.4. The number of nitrogens with zero attached hydrogens (tertiary/aromatic N) is 1. The Hall–Kier alpha value is -2.36. The van der Waals surface area contributed by atoms with E-state index in [1.165, 1.54) is 12.1 Å². The zero-order chi connectivity index (χ0) is 14.1. The maximum absolute atomic E-state index is 13.2. The van der Waals surface area contributed by atoms with Gasteiger partial charge >= 0.3 is 0 Å². The van der Waals surface area contributed by atoms with Crippen LogP contribution in [0.4, 0.5) is 4.39 Å². The van der Waals surface area contributed by atoms with Gasteiger partial charge < -0.3 is 9.72 Å². The van der Waals surface area contributed by atoms with Gasteiger partial charge in [-0.3, -0.25) is 0 Å². The third-order valence-corrected chi connectivity index (χ3v) is 3.49. The molecule has 3 aromatic rings. The van der Waals surface area contributed by atoms with Crippen molar-refractivity contribution in [2.75, 3.05) is 7.11 Å². The van der Waals surface area contributed by atoms with Crippen LogP contribution in [-0.2, 0) is 0 Å². The van der Waals surface area contributed by atoms with Crippen molar-refractivity contribution in [2.45, 2.75) is 12.8 Å². The lowest BCUT2D eigenvalue weighted by molar-refractivity contribution is 0.414. The Bertz CT molecular complexity index is 734. The van der Waals surface area contributed by atoms with E-state index in [-0.39, 0.29) is 11.7 Å². The molecule has 0 spiro atoms. The molecule has 1 atom stereocenters. The fraction of sp³-hybridized carbons (Fsp3) is 0.188. The van der Waals surface area contributed by atoms with E-state index in [2.05, 4.69) is 16.9 Å². The summed E-state index contributed by atoms with van der Waals surface area (Å²) in [6, 6.07) is 12.5. The molecule has 0 bridgehead atoms. The van der Waals surface area contributed by atoms with Gasteiger partial charge in [0.2, 0.25) is 0 Å². The summed E-state index contributed by atoms with van der Waals surface area (Å²) in [6.45, 7) is 2.07. The number of aromatic nitrogens is 2. The fourth-order valence-electron chi connectivity index (χ4n) is 2.25. The van der Waals surface area contributed by atoms with Gasteiger partial charge in [-0.1, -0.05) is 19.1 Å². The standard InChI is InChI=1S/C16H15FN2O/c1-10(11-3-6-13(20-2)7-4-11)16-18-14-8-5-12(17)9-15(14)19-16/h3-10H,1-2H3,(H,18,19). The number of ether oxygens (including phenoxy) is 1. The molecule has 0 saturated carbocycles. The molecule has 3 nitrogen and oxygen atoms in total. The van der Waals surface area contributed by atoms with E-state index in [4.69, 9.17) is 4.74 Å². The SMILES string of the molecule is COc1ccc(C(C)c2nc3cc(F)ccc3[nH]2)cc1. The first kappa shape index (κ1) is 12.7. The smallest absolute Gasteiger partial charge is 0.125 e. The predicted molar refractivity (Wildman–Crippen MR) is 76.6 cm³/mol. The number of aromatic amines is 1. The molecule has 4 heteroatoms. The van der Waals surface area contributed by atoms with Crippen LogP contribution in [0.5, 0.6) is 5.75 Å². The van der Waals surface area contributed by atoms with Crippen LogP contribution in [0.25, 0.3) is 11.0 Å². The van der Waals surface area contributed by atoms with E-state index in [0.717, 1.165) is 22.7 Å². The number of fused-ring (bicyclic) bond motifs is 1. The van der Waals surface area contributed by atoms with Crippen LogP contribution in [-0.4, -0.2) is 17.1 Å². The first-order chi connectivity index (χ1) is 9.67. The minimum absolute atomic E-state index is 0.108. The Morgan fingerprint density at radius 1 is 1.15 bits per heavy atom. The van der Waals surface area contributed by atoms with Crippen LogP contribution in [0.3, 0.4) is 0 Å². The summed E-state index contributed by atoms with van der Waals surface area (Å²) in [5, 5.41) is 0. The van der Waals surface area contributed by atoms with Crippen molar-refractivity contribution in [3.63, 3.8) is 0 Å². The Morgan fingerprint density at radius 2 is 1.90 bits per heavy atom. The van der Waals surface area contributed by atoms with E-state index in [1.807, 2.05) is 24.3 Å². The molecule has 1 unspecified atom stereocenters. The number of nitrogens with one attached hydrogen (secondary N) is 1. The van der Waals surface area contributed by atoms with Gasteiger partial charge in [-0.2, -0.15) is 0 Å². The van der Waals surface area contributed by atoms with E-state index in [1.54, 1.807) is 13.2 Å². The molecule has 0 amide bonds. The van der Waals surface area contributed by atoms with Gasteiger partial charge in [-0.05, 0) is 29.8 Å². The molecule has 1 N–H and O–H groups in total. The highest BCUT2D eigenvalue weighted by Crippen LogP contribution is 2.25. The molecular formula is C16H15FN2O. The minimum Gasteiger partial charge on any atom is -0.497 e. The third-order valence-electron chi connectivity index (χ3n) is 3.49. The van der Waals surface area contributed by atoms with Crippen LogP contribution in [0.2, 0.25) is 0 Å². The average molecular weight is 270 g/mol. The van der Waals surface area contributed by atoms with E-state index in [0.29, 0.717) is 5.52 Å². The first-order valence-corrected chi connectivity index (χ1v) is 6.46. The highest BCUT2D eigenvalue weighted by atomic mass is 19.1. The third kappa shape index (κ3) is 2.25. The Morgan fingerprint density at radius 3 is 2.60 bits per heavy atom. The van der Waals surface area contributed by atoms with Crippen molar-refractivity contribution >= 4 is 11.0 Å². The Kier molecular flexibility index (Phi) is 3.14. The number of rotatable bonds is 3. The second-order valence-corrected chi connectivity index (χ2v) is 4.78. The first-order valence-electron chi connectivity index (χ1n) is 6.46. The molecule has 1 heterocycles. The molecule has 0 aliphatic heterocycles. The average Bonchev–Trinajstić information content (AvgIpc) is 2.89. The van der Waals surface area contributed by atoms with Crippen molar-refractivity contribution < 1.29 is 9.13 Å². The molecule has 0 saturated heterocycles. The van der Waals surface area contributed by atoms with Crippen molar-refractivity contribution in [1.29, 1.82) is 0 Å². The van der Waals surface area contributed by atoms with Crippen LogP contribution in [0.1, 0.15) is 24.2 Å². The molecule has 0 fully saturated rings. The Balaban J connectivity index is 1.96. The largest absolute Gasteiger partial charge is 0.497 e. The number of H-pyrrole nitrogens is 1. The molecule has 1 aromatic heterocycles. The van der Waals surface area contributed by atoms with Crippen LogP contribution < -0.4 is 4.74 Å². The highest BCUT2D eigenvalue weighted by Gasteiger charge is 2.13. The van der Waals surface area contributed by atoms with Gasteiger partial charge in [0.05, 0.1) is 18.1 Å². The maximum atomic E-state index is 13.2. The molecule has 3 rings (SSSR count). The number of hydrogen-bond donors (Lipinski definition) is 1. The van der Waals surface area contributed by atoms with E-state index in [9.17, 15) is 4.39 Å². The zero-order valence-electron chi connectivity index (χ0n) is 11.4. The topological polar surface area (TPSA) is 37.9 Å². The second-order valence-electron chi connectivity index (χ2n) is 4.78. The monoisotopic (exact) mass is 270 g/mol. The molecule has 20 heavy (non-hydrogen) atoms. The summed E-state index contributed by atoms with van der Waals surface area (Å²) in [4.78, 5) is 7.71. The molecular weight excluding hydrogens is 255 g/mol. The van der Waals surface area contributed by atoms with E-state index >= 15 is 0 Å². The molecule has 102 valence electrons. The van der Waals surface area contributed by atoms with Gasteiger partial charge in [0.15, 0.2) is 0 Å². The normalized spacial score (nSPS) is 12.6. The maximum Gasteiger partial charge on any atom is 0.125 e. The van der Waals surface area contributed by atoms with Crippen molar-refractivity contribution in [2.24, 2.45) is 0 Å². The van der Waals surface area contributed by atoms with Gasteiger partial charge in [0, 0.05) is 12.0 Å². The lowest BCUT2D eigenvalue weighted by atomic mass is 10.0. The number of benzene rings is 2. The minimum atomic E-state index is -0.271. The van der Waals surface area contributed by atoms with Gasteiger partial charge in [0.25, 0.3) is 0 Å². The summed E-state index contributed by atoms with van der Waals surface area (Å²) >= 11 is 0. The van der Waals surface area contributed by atoms with Gasteiger partial charge in [0.1, 0.15) is 17.4 Å². The molecule has 0 radical (unpaired) electrons. The van der Waals surface area contributed by atoms with Crippen LogP contribution in [0.15, 0.2) is 42.5 Å². The summed E-state index contributed by atoms with van der Waals surface area (Å²) in [5.74, 6) is 1.49. The number of halogens is 1. The number of imidazole rings is 1. The number of hydrogen-bond acceptors (Lipinski definition) is 2.